The van der Waals surface area contributed by atoms with Crippen LogP contribution in [0.5, 0.6) is 5.75 Å². The van der Waals surface area contributed by atoms with Crippen molar-refractivity contribution in [2.75, 3.05) is 54.2 Å². The minimum atomic E-state index is -3.64. The summed E-state index contributed by atoms with van der Waals surface area (Å²) in [5, 5.41) is 0. The number of hydrogen-bond donors (Lipinski definition) is 1. The first-order valence-corrected chi connectivity index (χ1v) is 15.9. The number of aryl methyl sites for hydroxylation is 1. The van der Waals surface area contributed by atoms with Crippen LogP contribution in [0.1, 0.15) is 89.5 Å². The third-order valence-corrected chi connectivity index (χ3v) is 7.84. The molecule has 0 radical (unpaired) electrons. The molecule has 0 amide bonds. The van der Waals surface area contributed by atoms with Crippen LogP contribution in [0.25, 0.3) is 0 Å². The van der Waals surface area contributed by atoms with Gasteiger partial charge in [0.25, 0.3) is 0 Å². The van der Waals surface area contributed by atoms with Crippen LogP contribution in [0.15, 0.2) is 24.3 Å². The van der Waals surface area contributed by atoms with Crippen molar-refractivity contribution in [2.24, 2.45) is 0 Å². The fraction of sp³-hybridized carbons (Fsp3) is 0.793. The van der Waals surface area contributed by atoms with E-state index >= 15 is 0 Å². The zero-order chi connectivity index (χ0) is 26.7. The molecule has 2 unspecified atom stereocenters. The predicted molar refractivity (Wildman–Crippen MR) is 151 cm³/mol. The Morgan fingerprint density at radius 2 is 1.36 bits per heavy atom. The number of methoxy groups -OCH3 is 1. The molecular formula is C29H55NO5P+. The summed E-state index contributed by atoms with van der Waals surface area (Å²) in [7, 11) is 3.87. The van der Waals surface area contributed by atoms with Gasteiger partial charge in [-0.1, -0.05) is 89.7 Å². The van der Waals surface area contributed by atoms with Gasteiger partial charge in [-0.3, -0.25) is 4.57 Å². The van der Waals surface area contributed by atoms with Gasteiger partial charge in [-0.15, -0.1) is 0 Å². The van der Waals surface area contributed by atoms with Crippen molar-refractivity contribution in [3.05, 3.63) is 29.8 Å². The Balaban J connectivity index is 2.16. The highest BCUT2D eigenvalue weighted by Gasteiger charge is 2.25. The molecule has 0 saturated carbocycles. The van der Waals surface area contributed by atoms with Gasteiger partial charge in [-0.2, -0.15) is 0 Å². The zero-order valence-corrected chi connectivity index (χ0v) is 24.8. The molecular weight excluding hydrogens is 473 g/mol. The fourth-order valence-corrected chi connectivity index (χ4v) is 5.37. The van der Waals surface area contributed by atoms with E-state index in [0.29, 0.717) is 11.0 Å². The number of benzene rings is 1. The third kappa shape index (κ3) is 18.4. The molecule has 0 saturated heterocycles. The lowest BCUT2D eigenvalue weighted by atomic mass is 10.0. The van der Waals surface area contributed by atoms with Crippen molar-refractivity contribution in [3.63, 3.8) is 0 Å². The maximum Gasteiger partial charge on any atom is 0.333 e. The van der Waals surface area contributed by atoms with Crippen LogP contribution in [0, 0.1) is 0 Å². The zero-order valence-electron chi connectivity index (χ0n) is 23.9. The smallest absolute Gasteiger partial charge is 0.333 e. The van der Waals surface area contributed by atoms with Crippen molar-refractivity contribution >= 4 is 7.60 Å². The highest BCUT2D eigenvalue weighted by atomic mass is 31.2. The molecule has 0 spiro atoms. The molecule has 6 nitrogen and oxygen atoms in total. The van der Waals surface area contributed by atoms with Crippen molar-refractivity contribution in [2.45, 2.75) is 96.5 Å². The number of hydrogen-bond acceptors (Lipinski definition) is 4. The summed E-state index contributed by atoms with van der Waals surface area (Å²) in [6, 6.07) is 8.22. The monoisotopic (exact) mass is 528 g/mol. The van der Waals surface area contributed by atoms with Crippen molar-refractivity contribution in [3.8, 4) is 5.75 Å². The van der Waals surface area contributed by atoms with Gasteiger partial charge in [0.2, 0.25) is 0 Å². The average Bonchev–Trinajstić information content (AvgIpc) is 2.84. The van der Waals surface area contributed by atoms with Gasteiger partial charge in [0.05, 0.1) is 40.5 Å². The Bertz CT molecular complexity index is 705. The normalized spacial score (nSPS) is 14.5. The van der Waals surface area contributed by atoms with E-state index in [0.717, 1.165) is 12.2 Å². The van der Waals surface area contributed by atoms with Crippen molar-refractivity contribution in [1.82, 2.24) is 0 Å². The predicted octanol–water partition coefficient (Wildman–Crippen LogP) is 7.23. The lowest BCUT2D eigenvalue weighted by Crippen LogP contribution is -2.37. The van der Waals surface area contributed by atoms with Crippen LogP contribution in [-0.4, -0.2) is 69.7 Å². The third-order valence-electron chi connectivity index (χ3n) is 6.53. The molecule has 7 heteroatoms. The quantitative estimate of drug-likeness (QED) is 0.0922. The molecule has 1 aromatic rings. The van der Waals surface area contributed by atoms with E-state index < -0.39 is 13.7 Å². The van der Waals surface area contributed by atoms with Gasteiger partial charge >= 0.3 is 7.60 Å². The summed E-state index contributed by atoms with van der Waals surface area (Å²) in [6.07, 6.45) is 17.2. The first-order valence-electron chi connectivity index (χ1n) is 14.2. The second kappa shape index (κ2) is 19.2. The SMILES string of the molecule is CCCCCCCCCCCCCCc1ccc(OCC(COP(=O)(O)CC[N+](C)(C)C)OC)cc1. The first kappa shape index (κ1) is 33.1. The molecule has 0 aliphatic rings. The van der Waals surface area contributed by atoms with Crippen LogP contribution in [0.3, 0.4) is 0 Å². The van der Waals surface area contributed by atoms with Gasteiger partial charge in [0, 0.05) is 7.11 Å². The Hall–Kier alpha value is -0.910. The number of rotatable bonds is 23. The lowest BCUT2D eigenvalue weighted by Gasteiger charge is -2.25. The molecule has 0 bridgehead atoms. The second-order valence-corrected chi connectivity index (χ2v) is 13.1. The van der Waals surface area contributed by atoms with Crippen LogP contribution in [0.4, 0.5) is 0 Å². The van der Waals surface area contributed by atoms with E-state index in [1.807, 2.05) is 33.3 Å². The topological polar surface area (TPSA) is 65.0 Å². The van der Waals surface area contributed by atoms with Gasteiger partial charge in [-0.25, -0.2) is 0 Å². The average molecular weight is 529 g/mol. The second-order valence-electron chi connectivity index (χ2n) is 11.1. The molecule has 1 rings (SSSR count). The van der Waals surface area contributed by atoms with Gasteiger partial charge < -0.3 is 23.4 Å². The molecule has 0 aromatic heterocycles. The van der Waals surface area contributed by atoms with E-state index in [-0.39, 0.29) is 19.4 Å². The Morgan fingerprint density at radius 1 is 0.833 bits per heavy atom. The Kier molecular flexibility index (Phi) is 17.7. The fourth-order valence-electron chi connectivity index (χ4n) is 3.99. The Morgan fingerprint density at radius 3 is 1.86 bits per heavy atom. The van der Waals surface area contributed by atoms with Crippen LogP contribution >= 0.6 is 7.60 Å². The molecule has 36 heavy (non-hydrogen) atoms. The summed E-state index contributed by atoms with van der Waals surface area (Å²) in [6.45, 7) is 3.13. The molecule has 0 heterocycles. The standard InChI is InChI=1S/C29H54NO5P/c1-6-7-8-9-10-11-12-13-14-15-16-17-18-27-19-21-28(22-20-27)34-25-29(33-5)26-35-36(31,32)24-23-30(2,3)4/h19-22,29H,6-18,23-26H2,1-5H3/p+1. The van der Waals surface area contributed by atoms with Gasteiger partial charge in [0.15, 0.2) is 0 Å². The van der Waals surface area contributed by atoms with Crippen molar-refractivity contribution in [1.29, 1.82) is 0 Å². The Labute approximate surface area is 221 Å². The number of nitrogens with zero attached hydrogens (tertiary/aromatic N) is 1. The maximum absolute atomic E-state index is 12.2. The summed E-state index contributed by atoms with van der Waals surface area (Å²) in [4.78, 5) is 10.1. The van der Waals surface area contributed by atoms with Gasteiger partial charge in [0.1, 0.15) is 18.5 Å². The van der Waals surface area contributed by atoms with Crippen LogP contribution in [-0.2, 0) is 20.2 Å². The van der Waals surface area contributed by atoms with E-state index in [1.165, 1.54) is 82.6 Å². The van der Waals surface area contributed by atoms with E-state index in [1.54, 1.807) is 7.11 Å². The highest BCUT2D eigenvalue weighted by molar-refractivity contribution is 7.52. The van der Waals surface area contributed by atoms with E-state index in [4.69, 9.17) is 14.0 Å². The molecule has 210 valence electrons. The molecule has 2 atom stereocenters. The van der Waals surface area contributed by atoms with Crippen LogP contribution < -0.4 is 4.74 Å². The molecule has 1 N–H and O–H groups in total. The summed E-state index contributed by atoms with van der Waals surface area (Å²) in [5.41, 5.74) is 1.33. The summed E-state index contributed by atoms with van der Waals surface area (Å²) in [5.74, 6) is 0.771. The minimum absolute atomic E-state index is 0.0263. The molecule has 1 aromatic carbocycles. The number of ether oxygens (including phenoxy) is 2. The molecule has 0 aliphatic heterocycles. The van der Waals surface area contributed by atoms with E-state index in [9.17, 15) is 9.46 Å². The molecule has 0 fully saturated rings. The summed E-state index contributed by atoms with van der Waals surface area (Å²) >= 11 is 0. The number of quaternary nitrogens is 1. The maximum atomic E-state index is 12.2. The summed E-state index contributed by atoms with van der Waals surface area (Å²) < 4.78 is 29.4. The largest absolute Gasteiger partial charge is 0.491 e. The van der Waals surface area contributed by atoms with Gasteiger partial charge in [-0.05, 0) is 30.5 Å². The first-order chi connectivity index (χ1) is 17.1. The molecule has 0 aliphatic carbocycles. The van der Waals surface area contributed by atoms with Crippen molar-refractivity contribution < 1.29 is 27.9 Å². The highest BCUT2D eigenvalue weighted by Crippen LogP contribution is 2.41. The lowest BCUT2D eigenvalue weighted by molar-refractivity contribution is -0.867. The number of unbranched alkanes of at least 4 members (excludes halogenated alkanes) is 11. The van der Waals surface area contributed by atoms with E-state index in [2.05, 4.69) is 19.1 Å². The minimum Gasteiger partial charge on any atom is -0.491 e. The van der Waals surface area contributed by atoms with Crippen LogP contribution in [0.2, 0.25) is 0 Å².